The molecule has 1 saturated heterocycles. The highest BCUT2D eigenvalue weighted by Crippen LogP contribution is 2.28. The van der Waals surface area contributed by atoms with E-state index in [0.29, 0.717) is 0 Å². The summed E-state index contributed by atoms with van der Waals surface area (Å²) in [5, 5.41) is 14.7. The van der Waals surface area contributed by atoms with E-state index in [4.69, 9.17) is 9.84 Å². The quantitative estimate of drug-likeness (QED) is 0.754. The van der Waals surface area contributed by atoms with Crippen molar-refractivity contribution in [2.45, 2.75) is 25.5 Å². The summed E-state index contributed by atoms with van der Waals surface area (Å²) in [5.41, 5.74) is 4.26. The molecule has 1 aliphatic heterocycles. The first-order valence-corrected chi connectivity index (χ1v) is 9.42. The molecule has 0 spiro atoms. The number of para-hydroxylation sites is 1. The van der Waals surface area contributed by atoms with Crippen molar-refractivity contribution in [1.82, 2.24) is 14.7 Å². The van der Waals surface area contributed by atoms with E-state index in [1.165, 1.54) is 5.56 Å². The van der Waals surface area contributed by atoms with Crippen LogP contribution in [0.4, 0.5) is 0 Å². The summed E-state index contributed by atoms with van der Waals surface area (Å²) in [6, 6.07) is 18.2. The Labute approximate surface area is 159 Å². The molecule has 0 atom stereocenters. The number of aromatic nitrogens is 2. The smallest absolute Gasteiger partial charge is 0.119 e. The predicted octanol–water partition coefficient (Wildman–Crippen LogP) is 3.50. The lowest BCUT2D eigenvalue weighted by molar-refractivity contribution is 0.0793. The summed E-state index contributed by atoms with van der Waals surface area (Å²) in [5.74, 6) is 0.828. The van der Waals surface area contributed by atoms with Crippen LogP contribution in [0.25, 0.3) is 16.9 Å². The highest BCUT2D eigenvalue weighted by molar-refractivity contribution is 5.65. The highest BCUT2D eigenvalue weighted by atomic mass is 16.5. The highest BCUT2D eigenvalue weighted by Gasteiger charge is 2.20. The second kappa shape index (κ2) is 7.94. The molecule has 140 valence electrons. The van der Waals surface area contributed by atoms with Crippen molar-refractivity contribution in [1.29, 1.82) is 0 Å². The summed E-state index contributed by atoms with van der Waals surface area (Å²) >= 11 is 0. The van der Waals surface area contributed by atoms with Gasteiger partial charge in [0.1, 0.15) is 5.75 Å². The molecule has 5 nitrogen and oxygen atoms in total. The van der Waals surface area contributed by atoms with Crippen LogP contribution in [0.3, 0.4) is 0 Å². The van der Waals surface area contributed by atoms with Gasteiger partial charge in [-0.15, -0.1) is 0 Å². The molecule has 1 aromatic heterocycles. The zero-order chi connectivity index (χ0) is 18.6. The Morgan fingerprint density at radius 1 is 1.07 bits per heavy atom. The van der Waals surface area contributed by atoms with Gasteiger partial charge in [0, 0.05) is 37.0 Å². The van der Waals surface area contributed by atoms with Crippen LogP contribution in [-0.2, 0) is 6.54 Å². The Morgan fingerprint density at radius 2 is 1.85 bits per heavy atom. The van der Waals surface area contributed by atoms with E-state index in [0.717, 1.165) is 55.2 Å². The Balaban J connectivity index is 1.70. The summed E-state index contributed by atoms with van der Waals surface area (Å²) in [7, 11) is 1.68. The molecular formula is C22H25N3O2. The maximum atomic E-state index is 9.78. The number of rotatable bonds is 5. The van der Waals surface area contributed by atoms with Crippen LogP contribution >= 0.6 is 0 Å². The van der Waals surface area contributed by atoms with Gasteiger partial charge < -0.3 is 9.84 Å². The Hall–Kier alpha value is -2.63. The minimum absolute atomic E-state index is 0.161. The number of benzene rings is 2. The van der Waals surface area contributed by atoms with Crippen molar-refractivity contribution in [3.05, 3.63) is 66.4 Å². The van der Waals surface area contributed by atoms with Gasteiger partial charge in [-0.1, -0.05) is 30.3 Å². The molecule has 3 aromatic rings. The lowest BCUT2D eigenvalue weighted by atomic mass is 10.0. The topological polar surface area (TPSA) is 50.5 Å². The fraction of sp³-hybridized carbons (Fsp3) is 0.318. The summed E-state index contributed by atoms with van der Waals surface area (Å²) in [6.45, 7) is 2.65. The molecule has 1 fully saturated rings. The third kappa shape index (κ3) is 4.04. The SMILES string of the molecule is COc1cccc(-c2nn(-c3ccccc3)cc2CN2CCC(O)CC2)c1. The van der Waals surface area contributed by atoms with Crippen molar-refractivity contribution >= 4 is 0 Å². The lowest BCUT2D eigenvalue weighted by Gasteiger charge is -2.29. The molecule has 1 N–H and O–H groups in total. The van der Waals surface area contributed by atoms with Gasteiger partial charge in [-0.05, 0) is 37.1 Å². The minimum Gasteiger partial charge on any atom is -0.497 e. The minimum atomic E-state index is -0.161. The Kier molecular flexibility index (Phi) is 5.23. The van der Waals surface area contributed by atoms with Crippen LogP contribution in [0.1, 0.15) is 18.4 Å². The van der Waals surface area contributed by atoms with Crippen LogP contribution in [-0.4, -0.2) is 46.1 Å². The van der Waals surface area contributed by atoms with Gasteiger partial charge in [0.2, 0.25) is 0 Å². The molecule has 0 saturated carbocycles. The van der Waals surface area contributed by atoms with Crippen molar-refractivity contribution in [2.24, 2.45) is 0 Å². The van der Waals surface area contributed by atoms with Crippen LogP contribution in [0.5, 0.6) is 5.75 Å². The average Bonchev–Trinajstić information content (AvgIpc) is 3.14. The lowest BCUT2D eigenvalue weighted by Crippen LogP contribution is -2.35. The third-order valence-electron chi connectivity index (χ3n) is 5.10. The van der Waals surface area contributed by atoms with E-state index in [9.17, 15) is 5.11 Å². The van der Waals surface area contributed by atoms with E-state index in [2.05, 4.69) is 29.3 Å². The van der Waals surface area contributed by atoms with E-state index < -0.39 is 0 Å². The number of aliphatic hydroxyl groups is 1. The second-order valence-electron chi connectivity index (χ2n) is 7.02. The van der Waals surface area contributed by atoms with Crippen molar-refractivity contribution in [2.75, 3.05) is 20.2 Å². The fourth-order valence-electron chi connectivity index (χ4n) is 3.57. The average molecular weight is 363 g/mol. The second-order valence-corrected chi connectivity index (χ2v) is 7.02. The normalized spacial score (nSPS) is 15.8. The van der Waals surface area contributed by atoms with E-state index in [1.54, 1.807) is 7.11 Å². The standard InChI is InChI=1S/C22H25N3O2/c1-27-21-9-5-6-17(14-21)22-18(15-24-12-10-20(26)11-13-24)16-25(23-22)19-7-3-2-4-8-19/h2-9,14,16,20,26H,10-13,15H2,1H3. The summed E-state index contributed by atoms with van der Waals surface area (Å²) in [6.07, 6.45) is 3.63. The molecule has 0 amide bonds. The van der Waals surface area contributed by atoms with Gasteiger partial charge >= 0.3 is 0 Å². The number of piperidine rings is 1. The monoisotopic (exact) mass is 363 g/mol. The number of ether oxygens (including phenoxy) is 1. The fourth-order valence-corrected chi connectivity index (χ4v) is 3.57. The molecule has 1 aliphatic rings. The molecule has 0 bridgehead atoms. The Morgan fingerprint density at radius 3 is 2.59 bits per heavy atom. The first-order chi connectivity index (χ1) is 13.2. The number of hydrogen-bond donors (Lipinski definition) is 1. The van der Waals surface area contributed by atoms with Gasteiger partial charge in [-0.25, -0.2) is 4.68 Å². The summed E-state index contributed by atoms with van der Waals surface area (Å²) < 4.78 is 7.34. The van der Waals surface area contributed by atoms with Crippen LogP contribution in [0.15, 0.2) is 60.8 Å². The van der Waals surface area contributed by atoms with Gasteiger partial charge in [0.15, 0.2) is 0 Å². The van der Waals surface area contributed by atoms with Crippen LogP contribution < -0.4 is 4.74 Å². The number of aliphatic hydroxyl groups excluding tert-OH is 1. The molecule has 5 heteroatoms. The summed E-state index contributed by atoms with van der Waals surface area (Å²) in [4.78, 5) is 2.39. The van der Waals surface area contributed by atoms with Crippen LogP contribution in [0.2, 0.25) is 0 Å². The number of likely N-dealkylation sites (tertiary alicyclic amines) is 1. The van der Waals surface area contributed by atoms with Crippen LogP contribution in [0, 0.1) is 0 Å². The first kappa shape index (κ1) is 17.8. The van der Waals surface area contributed by atoms with Gasteiger partial charge in [-0.2, -0.15) is 5.10 Å². The van der Waals surface area contributed by atoms with Crippen molar-refractivity contribution in [3.8, 4) is 22.7 Å². The van der Waals surface area contributed by atoms with E-state index >= 15 is 0 Å². The molecular weight excluding hydrogens is 338 g/mol. The Bertz CT molecular complexity index is 884. The third-order valence-corrected chi connectivity index (χ3v) is 5.10. The van der Waals surface area contributed by atoms with E-state index in [-0.39, 0.29) is 6.10 Å². The molecule has 0 unspecified atom stereocenters. The molecule has 4 rings (SSSR count). The molecule has 0 aliphatic carbocycles. The van der Waals surface area contributed by atoms with E-state index in [1.807, 2.05) is 41.1 Å². The molecule has 0 radical (unpaired) electrons. The van der Waals surface area contributed by atoms with Crippen molar-refractivity contribution < 1.29 is 9.84 Å². The number of hydrogen-bond acceptors (Lipinski definition) is 4. The maximum Gasteiger partial charge on any atom is 0.119 e. The van der Waals surface area contributed by atoms with Gasteiger partial charge in [0.05, 0.1) is 24.6 Å². The molecule has 2 heterocycles. The van der Waals surface area contributed by atoms with Gasteiger partial charge in [-0.3, -0.25) is 4.90 Å². The number of methoxy groups -OCH3 is 1. The molecule has 2 aromatic carbocycles. The molecule has 27 heavy (non-hydrogen) atoms. The number of nitrogens with zero attached hydrogens (tertiary/aromatic N) is 3. The maximum absolute atomic E-state index is 9.78. The predicted molar refractivity (Wildman–Crippen MR) is 106 cm³/mol. The zero-order valence-electron chi connectivity index (χ0n) is 15.6. The zero-order valence-corrected chi connectivity index (χ0v) is 15.6. The van der Waals surface area contributed by atoms with Crippen molar-refractivity contribution in [3.63, 3.8) is 0 Å². The first-order valence-electron chi connectivity index (χ1n) is 9.42. The largest absolute Gasteiger partial charge is 0.497 e. The van der Waals surface area contributed by atoms with Gasteiger partial charge in [0.25, 0.3) is 0 Å².